The number of benzene rings is 2. The van der Waals surface area contributed by atoms with Gasteiger partial charge < -0.3 is 10.4 Å². The number of carbonyl (C=O) groups excluding carboxylic acids is 1. The predicted molar refractivity (Wildman–Crippen MR) is 86.3 cm³/mol. The van der Waals surface area contributed by atoms with E-state index in [2.05, 4.69) is 21.2 Å². The van der Waals surface area contributed by atoms with Gasteiger partial charge in [0.1, 0.15) is 5.75 Å². The first-order valence-corrected chi connectivity index (χ1v) is 7.80. The minimum atomic E-state index is -0.0511. The molecule has 3 nitrogen and oxygen atoms in total. The highest BCUT2D eigenvalue weighted by Gasteiger charge is 2.05. The Morgan fingerprint density at radius 2 is 1.95 bits per heavy atom. The summed E-state index contributed by atoms with van der Waals surface area (Å²) in [5.41, 5.74) is 1.87. The highest BCUT2D eigenvalue weighted by molar-refractivity contribution is 9.10. The minimum absolute atomic E-state index is 0.0511. The lowest BCUT2D eigenvalue weighted by molar-refractivity contribution is -0.113. The number of phenolic OH excluding ortho intramolecular Hbond substituents is 1. The quantitative estimate of drug-likeness (QED) is 0.811. The fourth-order valence-electron chi connectivity index (χ4n) is 1.61. The van der Waals surface area contributed by atoms with Gasteiger partial charge in [-0.1, -0.05) is 15.9 Å². The molecule has 5 heteroatoms. The number of rotatable bonds is 4. The first-order chi connectivity index (χ1) is 9.54. The van der Waals surface area contributed by atoms with E-state index in [4.69, 9.17) is 0 Å². The largest absolute Gasteiger partial charge is 0.508 e. The maximum atomic E-state index is 11.9. The highest BCUT2D eigenvalue weighted by atomic mass is 79.9. The summed E-state index contributed by atoms with van der Waals surface area (Å²) in [6.07, 6.45) is 0. The van der Waals surface area contributed by atoms with Crippen LogP contribution in [-0.2, 0) is 4.79 Å². The zero-order chi connectivity index (χ0) is 14.5. The molecule has 2 N–H and O–H groups in total. The Hall–Kier alpha value is -1.46. The van der Waals surface area contributed by atoms with Crippen molar-refractivity contribution in [3.63, 3.8) is 0 Å². The van der Waals surface area contributed by atoms with Crippen LogP contribution in [-0.4, -0.2) is 16.8 Å². The van der Waals surface area contributed by atoms with Crippen molar-refractivity contribution in [2.75, 3.05) is 11.1 Å². The molecule has 0 saturated carbocycles. The lowest BCUT2D eigenvalue weighted by Crippen LogP contribution is -2.14. The van der Waals surface area contributed by atoms with Gasteiger partial charge in [0.2, 0.25) is 5.91 Å². The van der Waals surface area contributed by atoms with Crippen LogP contribution in [0.1, 0.15) is 5.56 Å². The molecule has 0 aliphatic rings. The summed E-state index contributed by atoms with van der Waals surface area (Å²) in [6.45, 7) is 1.98. The van der Waals surface area contributed by atoms with E-state index < -0.39 is 0 Å². The molecule has 0 heterocycles. The van der Waals surface area contributed by atoms with Crippen LogP contribution < -0.4 is 5.32 Å². The van der Waals surface area contributed by atoms with Crippen molar-refractivity contribution in [1.82, 2.24) is 0 Å². The molecule has 0 atom stereocenters. The fraction of sp³-hybridized carbons (Fsp3) is 0.133. The van der Waals surface area contributed by atoms with Gasteiger partial charge in [-0.25, -0.2) is 0 Å². The third-order valence-electron chi connectivity index (χ3n) is 2.65. The van der Waals surface area contributed by atoms with Gasteiger partial charge in [0.25, 0.3) is 0 Å². The molecule has 0 unspecified atom stereocenters. The Labute approximate surface area is 130 Å². The zero-order valence-electron chi connectivity index (χ0n) is 10.9. The van der Waals surface area contributed by atoms with Gasteiger partial charge in [-0.3, -0.25) is 4.79 Å². The van der Waals surface area contributed by atoms with Crippen molar-refractivity contribution >= 4 is 39.3 Å². The second kappa shape index (κ2) is 6.81. The second-order valence-corrected chi connectivity index (χ2v) is 6.20. The Bertz CT molecular complexity index is 614. The molecule has 0 saturated heterocycles. The van der Waals surface area contributed by atoms with Crippen LogP contribution in [0.2, 0.25) is 0 Å². The Kier molecular flexibility index (Phi) is 5.09. The molecule has 0 aliphatic carbocycles. The van der Waals surface area contributed by atoms with E-state index in [1.54, 1.807) is 24.3 Å². The van der Waals surface area contributed by atoms with E-state index in [-0.39, 0.29) is 11.7 Å². The monoisotopic (exact) mass is 351 g/mol. The second-order valence-electron chi connectivity index (χ2n) is 4.29. The third kappa shape index (κ3) is 4.28. The smallest absolute Gasteiger partial charge is 0.234 e. The number of thioether (sulfide) groups is 1. The molecule has 0 radical (unpaired) electrons. The molecule has 0 bridgehead atoms. The number of carbonyl (C=O) groups is 1. The number of anilines is 1. The average molecular weight is 352 g/mol. The molecule has 2 aromatic carbocycles. The summed E-state index contributed by atoms with van der Waals surface area (Å²) in [4.78, 5) is 12.8. The van der Waals surface area contributed by atoms with E-state index in [0.29, 0.717) is 5.75 Å². The van der Waals surface area contributed by atoms with Crippen molar-refractivity contribution in [3.05, 3.63) is 52.5 Å². The Morgan fingerprint density at radius 3 is 2.60 bits per heavy atom. The molecule has 1 amide bonds. The van der Waals surface area contributed by atoms with Gasteiger partial charge in [0.05, 0.1) is 5.75 Å². The van der Waals surface area contributed by atoms with Crippen LogP contribution in [0.3, 0.4) is 0 Å². The number of aryl methyl sites for hydroxylation is 1. The van der Waals surface area contributed by atoms with E-state index >= 15 is 0 Å². The number of hydrogen-bond donors (Lipinski definition) is 2. The number of hydrogen-bond acceptors (Lipinski definition) is 3. The topological polar surface area (TPSA) is 49.3 Å². The van der Waals surface area contributed by atoms with Gasteiger partial charge in [-0.05, 0) is 55.0 Å². The van der Waals surface area contributed by atoms with Crippen LogP contribution in [0.25, 0.3) is 0 Å². The summed E-state index contributed by atoms with van der Waals surface area (Å²) >= 11 is 4.86. The molecular weight excluding hydrogens is 338 g/mol. The standard InChI is InChI=1S/C15H14BrNO2S/c1-10-8-11(2-7-14(10)16)17-15(19)9-20-13-5-3-12(18)4-6-13/h2-8,18H,9H2,1H3,(H,17,19). The summed E-state index contributed by atoms with van der Waals surface area (Å²) in [5.74, 6) is 0.508. The molecule has 104 valence electrons. The van der Waals surface area contributed by atoms with Crippen molar-refractivity contribution in [1.29, 1.82) is 0 Å². The Balaban J connectivity index is 1.89. The van der Waals surface area contributed by atoms with Gasteiger partial charge in [0, 0.05) is 15.1 Å². The molecule has 0 spiro atoms. The van der Waals surface area contributed by atoms with E-state index in [9.17, 15) is 9.90 Å². The van der Waals surface area contributed by atoms with Gasteiger partial charge >= 0.3 is 0 Å². The number of nitrogens with one attached hydrogen (secondary N) is 1. The summed E-state index contributed by atoms with van der Waals surface area (Å²) < 4.78 is 1.02. The van der Waals surface area contributed by atoms with Crippen molar-refractivity contribution in [2.24, 2.45) is 0 Å². The first kappa shape index (κ1) is 14.9. The molecule has 0 aliphatic heterocycles. The first-order valence-electron chi connectivity index (χ1n) is 6.02. The maximum absolute atomic E-state index is 11.9. The van der Waals surface area contributed by atoms with Gasteiger partial charge in [0.15, 0.2) is 0 Å². The number of halogens is 1. The lowest BCUT2D eigenvalue weighted by atomic mass is 10.2. The zero-order valence-corrected chi connectivity index (χ0v) is 13.3. The molecule has 2 aromatic rings. The molecule has 2 rings (SSSR count). The van der Waals surface area contributed by atoms with Gasteiger partial charge in [-0.15, -0.1) is 11.8 Å². The maximum Gasteiger partial charge on any atom is 0.234 e. The fourth-order valence-corrected chi connectivity index (χ4v) is 2.56. The van der Waals surface area contributed by atoms with Crippen LogP contribution in [0.4, 0.5) is 5.69 Å². The van der Waals surface area contributed by atoms with Crippen molar-refractivity contribution < 1.29 is 9.90 Å². The van der Waals surface area contributed by atoms with Gasteiger partial charge in [-0.2, -0.15) is 0 Å². The number of phenols is 1. The minimum Gasteiger partial charge on any atom is -0.508 e. The summed E-state index contributed by atoms with van der Waals surface area (Å²) in [5, 5.41) is 12.0. The normalized spacial score (nSPS) is 10.3. The molecule has 0 fully saturated rings. The van der Waals surface area contributed by atoms with E-state index in [0.717, 1.165) is 20.6 Å². The predicted octanol–water partition coefficient (Wildman–Crippen LogP) is 4.19. The van der Waals surface area contributed by atoms with Crippen LogP contribution >= 0.6 is 27.7 Å². The number of amides is 1. The third-order valence-corrected chi connectivity index (χ3v) is 4.55. The Morgan fingerprint density at radius 1 is 1.25 bits per heavy atom. The SMILES string of the molecule is Cc1cc(NC(=O)CSc2ccc(O)cc2)ccc1Br. The van der Waals surface area contributed by atoms with Crippen molar-refractivity contribution in [2.45, 2.75) is 11.8 Å². The van der Waals surface area contributed by atoms with Crippen molar-refractivity contribution in [3.8, 4) is 5.75 Å². The van der Waals surface area contributed by atoms with Crippen LogP contribution in [0.15, 0.2) is 51.8 Å². The molecule has 20 heavy (non-hydrogen) atoms. The molecular formula is C15H14BrNO2S. The van der Waals surface area contributed by atoms with E-state index in [1.807, 2.05) is 25.1 Å². The molecule has 0 aromatic heterocycles. The van der Waals surface area contributed by atoms with Crippen LogP contribution in [0.5, 0.6) is 5.75 Å². The van der Waals surface area contributed by atoms with E-state index in [1.165, 1.54) is 11.8 Å². The average Bonchev–Trinajstić information content (AvgIpc) is 2.42. The number of aromatic hydroxyl groups is 1. The lowest BCUT2D eigenvalue weighted by Gasteiger charge is -2.07. The van der Waals surface area contributed by atoms with Crippen LogP contribution in [0, 0.1) is 6.92 Å². The summed E-state index contributed by atoms with van der Waals surface area (Å²) in [7, 11) is 0. The summed E-state index contributed by atoms with van der Waals surface area (Å²) in [6, 6.07) is 12.5. The highest BCUT2D eigenvalue weighted by Crippen LogP contribution is 2.22.